The highest BCUT2D eigenvalue weighted by Crippen LogP contribution is 2.39. The van der Waals surface area contributed by atoms with Crippen LogP contribution in [0.1, 0.15) is 39.5 Å². The number of hydrogen-bond donors (Lipinski definition) is 0. The molecule has 0 amide bonds. The number of esters is 1. The number of rotatable bonds is 0. The maximum atomic E-state index is 10.9. The van der Waals surface area contributed by atoms with Crippen LogP contribution in [0, 0.1) is 23.2 Å². The van der Waals surface area contributed by atoms with Crippen LogP contribution in [0.15, 0.2) is 0 Å². The first-order chi connectivity index (χ1) is 6.56. The molecule has 2 nitrogen and oxygen atoms in total. The van der Waals surface area contributed by atoms with E-state index in [2.05, 4.69) is 30.4 Å². The third-order valence-electron chi connectivity index (χ3n) is 3.04. The minimum absolute atomic E-state index is 0.249. The fraction of sp³-hybridized carbons (Fsp3) is 0.750. The fourth-order valence-corrected chi connectivity index (χ4v) is 1.96. The van der Waals surface area contributed by atoms with E-state index < -0.39 is 5.97 Å². The van der Waals surface area contributed by atoms with Gasteiger partial charge in [0, 0.05) is 11.8 Å². The van der Waals surface area contributed by atoms with Gasteiger partial charge in [-0.2, -0.15) is 0 Å². The predicted molar refractivity (Wildman–Crippen MR) is 55.5 cm³/mol. The van der Waals surface area contributed by atoms with Crippen LogP contribution in [-0.4, -0.2) is 13.1 Å². The Kier molecular flexibility index (Phi) is 3.57. The first-order valence-electron chi connectivity index (χ1n) is 5.16. The Bertz CT molecular complexity index is 268. The maximum Gasteiger partial charge on any atom is 0.384 e. The van der Waals surface area contributed by atoms with E-state index in [4.69, 9.17) is 0 Å². The van der Waals surface area contributed by atoms with Gasteiger partial charge >= 0.3 is 5.97 Å². The largest absolute Gasteiger partial charge is 0.459 e. The van der Waals surface area contributed by atoms with Crippen molar-refractivity contribution in [2.24, 2.45) is 11.3 Å². The third kappa shape index (κ3) is 2.77. The summed E-state index contributed by atoms with van der Waals surface area (Å²) in [5, 5.41) is 0. The van der Waals surface area contributed by atoms with E-state index in [1.165, 1.54) is 26.4 Å². The zero-order valence-electron chi connectivity index (χ0n) is 9.22. The first kappa shape index (κ1) is 11.1. The van der Waals surface area contributed by atoms with Gasteiger partial charge < -0.3 is 4.74 Å². The molecule has 0 bridgehead atoms. The van der Waals surface area contributed by atoms with Crippen molar-refractivity contribution in [2.45, 2.75) is 39.5 Å². The maximum absolute atomic E-state index is 10.9. The second-order valence-corrected chi connectivity index (χ2v) is 4.55. The summed E-state index contributed by atoms with van der Waals surface area (Å²) in [5.74, 6) is 5.50. The number of carbonyl (C=O) groups excluding carboxylic acids is 1. The number of carbonyl (C=O) groups is 1. The van der Waals surface area contributed by atoms with Gasteiger partial charge in [-0.05, 0) is 18.3 Å². The topological polar surface area (TPSA) is 26.3 Å². The molecule has 1 aliphatic carbocycles. The van der Waals surface area contributed by atoms with Gasteiger partial charge in [0.05, 0.1) is 7.11 Å². The molecule has 1 saturated carbocycles. The van der Waals surface area contributed by atoms with Gasteiger partial charge in [-0.25, -0.2) is 4.79 Å². The summed E-state index contributed by atoms with van der Waals surface area (Å²) < 4.78 is 4.50. The molecule has 0 heterocycles. The second kappa shape index (κ2) is 4.50. The van der Waals surface area contributed by atoms with Crippen LogP contribution in [0.3, 0.4) is 0 Å². The Labute approximate surface area is 86.0 Å². The van der Waals surface area contributed by atoms with E-state index in [9.17, 15) is 4.79 Å². The van der Waals surface area contributed by atoms with Crippen LogP contribution in [0.25, 0.3) is 0 Å². The van der Waals surface area contributed by atoms with Crippen molar-refractivity contribution >= 4 is 5.97 Å². The first-order valence-corrected chi connectivity index (χ1v) is 5.16. The summed E-state index contributed by atoms with van der Waals surface area (Å²) in [6.07, 6.45) is 4.82. The van der Waals surface area contributed by atoms with Crippen molar-refractivity contribution in [1.29, 1.82) is 0 Å². The Hall–Kier alpha value is -0.970. The molecule has 0 aromatic rings. The molecule has 0 saturated heterocycles. The van der Waals surface area contributed by atoms with Gasteiger partial charge in [-0.15, -0.1) is 0 Å². The minimum atomic E-state index is -0.425. The zero-order valence-corrected chi connectivity index (χ0v) is 9.22. The lowest BCUT2D eigenvalue weighted by Crippen LogP contribution is -2.26. The number of hydrogen-bond acceptors (Lipinski definition) is 2. The van der Waals surface area contributed by atoms with Gasteiger partial charge in [0.25, 0.3) is 0 Å². The molecule has 78 valence electrons. The van der Waals surface area contributed by atoms with Crippen molar-refractivity contribution in [3.63, 3.8) is 0 Å². The van der Waals surface area contributed by atoms with Gasteiger partial charge in [0.2, 0.25) is 0 Å². The molecule has 14 heavy (non-hydrogen) atoms. The molecular weight excluding hydrogens is 176 g/mol. The molecule has 0 aromatic heterocycles. The van der Waals surface area contributed by atoms with Crippen LogP contribution in [0.2, 0.25) is 0 Å². The van der Waals surface area contributed by atoms with E-state index in [0.29, 0.717) is 5.92 Å². The van der Waals surface area contributed by atoms with Crippen molar-refractivity contribution in [3.05, 3.63) is 0 Å². The van der Waals surface area contributed by atoms with Crippen LogP contribution >= 0.6 is 0 Å². The van der Waals surface area contributed by atoms with Crippen molar-refractivity contribution in [2.75, 3.05) is 7.11 Å². The minimum Gasteiger partial charge on any atom is -0.459 e. The lowest BCUT2D eigenvalue weighted by atomic mass is 9.69. The summed E-state index contributed by atoms with van der Waals surface area (Å²) >= 11 is 0. The molecule has 1 fully saturated rings. The number of ether oxygens (including phenoxy) is 1. The highest BCUT2D eigenvalue weighted by molar-refractivity contribution is 5.88. The van der Waals surface area contributed by atoms with Crippen LogP contribution < -0.4 is 0 Å². The average molecular weight is 194 g/mol. The predicted octanol–water partition coefficient (Wildman–Crippen LogP) is 2.38. The Balaban J connectivity index is 2.65. The Morgan fingerprint density at radius 3 is 2.71 bits per heavy atom. The molecule has 0 aromatic carbocycles. The summed E-state index contributed by atoms with van der Waals surface area (Å²) in [5.41, 5.74) is 0.249. The molecule has 2 heteroatoms. The van der Waals surface area contributed by atoms with Gasteiger partial charge in [0.15, 0.2) is 0 Å². The molecule has 0 radical (unpaired) electrons. The molecule has 1 rings (SSSR count). The molecule has 1 unspecified atom stereocenters. The van der Waals surface area contributed by atoms with Gasteiger partial charge in [-0.1, -0.05) is 32.6 Å². The summed E-state index contributed by atoms with van der Waals surface area (Å²) in [6, 6.07) is 0. The van der Waals surface area contributed by atoms with Crippen molar-refractivity contribution in [1.82, 2.24) is 0 Å². The standard InChI is InChI=1S/C12H18O2/c1-12(2)9-5-4-6-10(12)7-8-11(13)14-3/h10H,4-6,9H2,1-3H3. The smallest absolute Gasteiger partial charge is 0.384 e. The molecule has 0 spiro atoms. The molecule has 1 atom stereocenters. The lowest BCUT2D eigenvalue weighted by molar-refractivity contribution is -0.133. The normalized spacial score (nSPS) is 24.6. The SMILES string of the molecule is COC(=O)C#CC1CCCCC1(C)C. The van der Waals surface area contributed by atoms with Gasteiger partial charge in [-0.3, -0.25) is 0 Å². The Morgan fingerprint density at radius 2 is 2.14 bits per heavy atom. The molecular formula is C12H18O2. The van der Waals surface area contributed by atoms with E-state index in [1.807, 2.05) is 0 Å². The second-order valence-electron chi connectivity index (χ2n) is 4.55. The highest BCUT2D eigenvalue weighted by atomic mass is 16.5. The van der Waals surface area contributed by atoms with E-state index >= 15 is 0 Å². The quantitative estimate of drug-likeness (QED) is 0.336. The molecule has 0 aliphatic heterocycles. The highest BCUT2D eigenvalue weighted by Gasteiger charge is 2.30. The van der Waals surface area contributed by atoms with Crippen LogP contribution in [0.5, 0.6) is 0 Å². The summed E-state index contributed by atoms with van der Waals surface area (Å²) in [4.78, 5) is 10.9. The van der Waals surface area contributed by atoms with Crippen molar-refractivity contribution < 1.29 is 9.53 Å². The Morgan fingerprint density at radius 1 is 1.43 bits per heavy atom. The zero-order chi connectivity index (χ0) is 10.6. The van der Waals surface area contributed by atoms with Crippen LogP contribution in [-0.2, 0) is 9.53 Å². The monoisotopic (exact) mass is 194 g/mol. The third-order valence-corrected chi connectivity index (χ3v) is 3.04. The molecule has 0 N–H and O–H groups in total. The molecule has 1 aliphatic rings. The van der Waals surface area contributed by atoms with Crippen molar-refractivity contribution in [3.8, 4) is 11.8 Å². The fourth-order valence-electron chi connectivity index (χ4n) is 1.96. The summed E-state index contributed by atoms with van der Waals surface area (Å²) in [6.45, 7) is 4.45. The van der Waals surface area contributed by atoms with E-state index in [0.717, 1.165) is 6.42 Å². The lowest BCUT2D eigenvalue weighted by Gasteiger charge is -2.35. The van der Waals surface area contributed by atoms with Gasteiger partial charge in [0.1, 0.15) is 0 Å². The number of methoxy groups -OCH3 is 1. The van der Waals surface area contributed by atoms with E-state index in [-0.39, 0.29) is 5.41 Å². The van der Waals surface area contributed by atoms with Crippen LogP contribution in [0.4, 0.5) is 0 Å². The average Bonchev–Trinajstić information content (AvgIpc) is 2.15. The van der Waals surface area contributed by atoms with E-state index in [1.54, 1.807) is 0 Å². The summed E-state index contributed by atoms with van der Waals surface area (Å²) in [7, 11) is 1.36.